The van der Waals surface area contributed by atoms with Crippen molar-refractivity contribution >= 4 is 0 Å². The van der Waals surface area contributed by atoms with Crippen LogP contribution >= 0.6 is 0 Å². The average molecular weight is 271 g/mol. The Balaban J connectivity index is 0.000000178. The molecule has 0 saturated carbocycles. The van der Waals surface area contributed by atoms with Gasteiger partial charge in [0.1, 0.15) is 0 Å². The van der Waals surface area contributed by atoms with Gasteiger partial charge in [0, 0.05) is 13.2 Å². The molecule has 3 rings (SSSR count). The molecule has 0 bridgehead atoms. The van der Waals surface area contributed by atoms with E-state index in [0.29, 0.717) is 0 Å². The van der Waals surface area contributed by atoms with Crippen molar-refractivity contribution in [1.29, 1.82) is 0 Å². The number of benzene rings is 1. The van der Waals surface area contributed by atoms with Crippen LogP contribution in [-0.4, -0.2) is 22.6 Å². The number of aryl methyl sites for hydroxylation is 2. The van der Waals surface area contributed by atoms with Gasteiger partial charge in [-0.15, -0.1) is 0 Å². The Morgan fingerprint density at radius 2 is 2.10 bits per heavy atom. The molecule has 20 heavy (non-hydrogen) atoms. The van der Waals surface area contributed by atoms with Crippen molar-refractivity contribution in [3.63, 3.8) is 0 Å². The third-order valence-electron chi connectivity index (χ3n) is 3.60. The molecule has 0 unspecified atom stereocenters. The van der Waals surface area contributed by atoms with E-state index >= 15 is 0 Å². The van der Waals surface area contributed by atoms with E-state index in [9.17, 15) is 0 Å². The zero-order valence-electron chi connectivity index (χ0n) is 12.5. The Labute approximate surface area is 122 Å². The minimum Gasteiger partial charge on any atom is -0.340 e. The fraction of sp³-hybridized carbons (Fsp3) is 0.471. The summed E-state index contributed by atoms with van der Waals surface area (Å²) in [5, 5.41) is 3.46. The summed E-state index contributed by atoms with van der Waals surface area (Å²) in [6.45, 7) is 4.39. The summed E-state index contributed by atoms with van der Waals surface area (Å²) in [7, 11) is 1.96. The van der Waals surface area contributed by atoms with E-state index in [4.69, 9.17) is 0 Å². The maximum Gasteiger partial charge on any atom is 0.0946 e. The molecule has 1 aliphatic rings. The molecule has 2 heterocycles. The van der Waals surface area contributed by atoms with Crippen LogP contribution in [0, 0.1) is 12.8 Å². The van der Waals surface area contributed by atoms with Gasteiger partial charge < -0.3 is 9.88 Å². The van der Waals surface area contributed by atoms with Crippen LogP contribution in [0.25, 0.3) is 0 Å². The first-order chi connectivity index (χ1) is 9.74. The SMILES string of the molecule is Cc1cn(C)cn1.c1ccc(C[C@@H]2CCCNC2)cc1. The van der Waals surface area contributed by atoms with Crippen LogP contribution in [0.15, 0.2) is 42.9 Å². The molecule has 0 radical (unpaired) electrons. The average Bonchev–Trinajstić information content (AvgIpc) is 2.85. The zero-order valence-corrected chi connectivity index (χ0v) is 12.5. The van der Waals surface area contributed by atoms with Gasteiger partial charge in [-0.2, -0.15) is 0 Å². The minimum atomic E-state index is 0.858. The number of imidazole rings is 1. The first-order valence-electron chi connectivity index (χ1n) is 7.43. The van der Waals surface area contributed by atoms with E-state index in [2.05, 4.69) is 40.6 Å². The van der Waals surface area contributed by atoms with Crippen molar-refractivity contribution < 1.29 is 0 Å². The van der Waals surface area contributed by atoms with Crippen LogP contribution in [0.5, 0.6) is 0 Å². The van der Waals surface area contributed by atoms with Crippen LogP contribution in [-0.2, 0) is 13.5 Å². The Hall–Kier alpha value is -1.61. The third-order valence-corrected chi connectivity index (χ3v) is 3.60. The van der Waals surface area contributed by atoms with Crippen molar-refractivity contribution in [2.75, 3.05) is 13.1 Å². The lowest BCUT2D eigenvalue weighted by Crippen LogP contribution is -2.30. The second-order valence-electron chi connectivity index (χ2n) is 5.58. The molecule has 0 spiro atoms. The van der Waals surface area contributed by atoms with E-state index in [1.807, 2.05) is 24.7 Å². The molecule has 1 aromatic carbocycles. The summed E-state index contributed by atoms with van der Waals surface area (Å²) in [4.78, 5) is 3.98. The quantitative estimate of drug-likeness (QED) is 0.910. The van der Waals surface area contributed by atoms with E-state index in [-0.39, 0.29) is 0 Å². The van der Waals surface area contributed by atoms with E-state index in [1.54, 1.807) is 6.33 Å². The first-order valence-corrected chi connectivity index (χ1v) is 7.43. The highest BCUT2D eigenvalue weighted by molar-refractivity contribution is 5.15. The fourth-order valence-corrected chi connectivity index (χ4v) is 2.59. The van der Waals surface area contributed by atoms with Gasteiger partial charge in [-0.3, -0.25) is 0 Å². The smallest absolute Gasteiger partial charge is 0.0946 e. The molecule has 108 valence electrons. The number of hydrogen-bond acceptors (Lipinski definition) is 2. The highest BCUT2D eigenvalue weighted by Crippen LogP contribution is 2.15. The topological polar surface area (TPSA) is 29.9 Å². The lowest BCUT2D eigenvalue weighted by Gasteiger charge is -2.22. The molecule has 0 aliphatic carbocycles. The first kappa shape index (κ1) is 14.8. The summed E-state index contributed by atoms with van der Waals surface area (Å²) >= 11 is 0. The van der Waals surface area contributed by atoms with Crippen LogP contribution in [0.3, 0.4) is 0 Å². The summed E-state index contributed by atoms with van der Waals surface area (Å²) in [5.74, 6) is 0.858. The summed E-state index contributed by atoms with van der Waals surface area (Å²) < 4.78 is 1.93. The van der Waals surface area contributed by atoms with Crippen molar-refractivity contribution in [3.8, 4) is 0 Å². The van der Waals surface area contributed by atoms with E-state index in [1.165, 1.54) is 37.9 Å². The van der Waals surface area contributed by atoms with Crippen molar-refractivity contribution in [3.05, 3.63) is 54.1 Å². The molecule has 1 fully saturated rings. The molecule has 1 N–H and O–H groups in total. The summed E-state index contributed by atoms with van der Waals surface area (Å²) in [6.07, 6.45) is 7.74. The second-order valence-corrected chi connectivity index (χ2v) is 5.58. The monoisotopic (exact) mass is 271 g/mol. The summed E-state index contributed by atoms with van der Waals surface area (Å²) in [6, 6.07) is 10.8. The molecule has 0 amide bonds. The third kappa shape index (κ3) is 5.17. The largest absolute Gasteiger partial charge is 0.340 e. The molecule has 1 aromatic heterocycles. The molecule has 1 aliphatic heterocycles. The van der Waals surface area contributed by atoms with E-state index < -0.39 is 0 Å². The standard InChI is InChI=1S/C12H17N.C5H8N2/c1-2-5-11(6-3-1)9-12-7-4-8-13-10-12;1-5-3-7(2)4-6-5/h1-3,5-6,12-13H,4,7-10H2;3-4H,1-2H3/t12-;/m0./s1. The normalized spacial score (nSPS) is 18.2. The van der Waals surface area contributed by atoms with Crippen LogP contribution < -0.4 is 5.32 Å². The zero-order chi connectivity index (χ0) is 14.2. The van der Waals surface area contributed by atoms with Gasteiger partial charge in [-0.05, 0) is 50.8 Å². The molecule has 1 saturated heterocycles. The van der Waals surface area contributed by atoms with Crippen LogP contribution in [0.2, 0.25) is 0 Å². The second kappa shape index (κ2) is 7.85. The number of rotatable bonds is 2. The number of nitrogens with zero attached hydrogens (tertiary/aromatic N) is 2. The highest BCUT2D eigenvalue weighted by Gasteiger charge is 2.12. The van der Waals surface area contributed by atoms with Gasteiger partial charge >= 0.3 is 0 Å². The maximum atomic E-state index is 3.98. The molecule has 3 heteroatoms. The maximum absolute atomic E-state index is 3.98. The highest BCUT2D eigenvalue weighted by atomic mass is 15.0. The van der Waals surface area contributed by atoms with Gasteiger partial charge in [-0.25, -0.2) is 4.98 Å². The van der Waals surface area contributed by atoms with Gasteiger partial charge in [0.05, 0.1) is 12.0 Å². The van der Waals surface area contributed by atoms with Gasteiger partial charge in [0.15, 0.2) is 0 Å². The Morgan fingerprint density at radius 1 is 1.30 bits per heavy atom. The van der Waals surface area contributed by atoms with Gasteiger partial charge in [0.2, 0.25) is 0 Å². The molecule has 1 atom stereocenters. The van der Waals surface area contributed by atoms with Crippen molar-refractivity contribution in [2.45, 2.75) is 26.2 Å². The molecule has 3 nitrogen and oxygen atoms in total. The Bertz CT molecular complexity index is 467. The number of nitrogens with one attached hydrogen (secondary N) is 1. The molecular formula is C17H25N3. The van der Waals surface area contributed by atoms with Crippen molar-refractivity contribution in [1.82, 2.24) is 14.9 Å². The van der Waals surface area contributed by atoms with Crippen molar-refractivity contribution in [2.24, 2.45) is 13.0 Å². The number of hydrogen-bond donors (Lipinski definition) is 1. The number of piperidine rings is 1. The molecule has 2 aromatic rings. The molecular weight excluding hydrogens is 246 g/mol. The Kier molecular flexibility index (Phi) is 5.81. The summed E-state index contributed by atoms with van der Waals surface area (Å²) in [5.41, 5.74) is 2.55. The van der Waals surface area contributed by atoms with Gasteiger partial charge in [0.25, 0.3) is 0 Å². The Morgan fingerprint density at radius 3 is 2.60 bits per heavy atom. The predicted molar refractivity (Wildman–Crippen MR) is 83.7 cm³/mol. The van der Waals surface area contributed by atoms with Gasteiger partial charge in [-0.1, -0.05) is 30.3 Å². The fourth-order valence-electron chi connectivity index (χ4n) is 2.59. The lowest BCUT2D eigenvalue weighted by atomic mass is 9.92. The van der Waals surface area contributed by atoms with Crippen LogP contribution in [0.4, 0.5) is 0 Å². The van der Waals surface area contributed by atoms with E-state index in [0.717, 1.165) is 11.6 Å². The minimum absolute atomic E-state index is 0.858. The predicted octanol–water partition coefficient (Wildman–Crippen LogP) is 2.96. The lowest BCUT2D eigenvalue weighted by molar-refractivity contribution is 0.376. The number of aromatic nitrogens is 2. The van der Waals surface area contributed by atoms with Crippen LogP contribution in [0.1, 0.15) is 24.1 Å².